The minimum absolute atomic E-state index is 0.375. The van der Waals surface area contributed by atoms with Gasteiger partial charge in [0.1, 0.15) is 0 Å². The van der Waals surface area contributed by atoms with Crippen LogP contribution in [0.25, 0.3) is 10.9 Å². The zero-order valence-electron chi connectivity index (χ0n) is 7.80. The molecule has 0 fully saturated rings. The van der Waals surface area contributed by atoms with Crippen LogP contribution in [0.1, 0.15) is 11.1 Å². The lowest BCUT2D eigenvalue weighted by Gasteiger charge is -2.02. The van der Waals surface area contributed by atoms with Crippen LogP contribution in [0.5, 0.6) is 0 Å². The van der Waals surface area contributed by atoms with E-state index in [0.717, 1.165) is 16.5 Å². The number of nitrogens with two attached hydrogens (primary N) is 1. The number of benzene rings is 1. The fourth-order valence-corrected chi connectivity index (χ4v) is 1.85. The first-order chi connectivity index (χ1) is 6.72. The molecule has 1 aromatic carbocycles. The van der Waals surface area contributed by atoms with Crippen molar-refractivity contribution in [2.24, 2.45) is 5.90 Å². The summed E-state index contributed by atoms with van der Waals surface area (Å²) in [4.78, 5) is 7.70. The van der Waals surface area contributed by atoms with E-state index in [4.69, 9.17) is 17.5 Å². The van der Waals surface area contributed by atoms with Gasteiger partial charge in [0.25, 0.3) is 0 Å². The van der Waals surface area contributed by atoms with Crippen LogP contribution >= 0.6 is 11.6 Å². The molecule has 3 N–H and O–H groups in total. The molecule has 0 unspecified atom stereocenters. The normalized spacial score (nSPS) is 11.1. The lowest BCUT2D eigenvalue weighted by Crippen LogP contribution is -1.98. The van der Waals surface area contributed by atoms with Crippen molar-refractivity contribution in [1.29, 1.82) is 0 Å². The summed E-state index contributed by atoms with van der Waals surface area (Å²) >= 11 is 6.08. The Morgan fingerprint density at radius 3 is 3.00 bits per heavy atom. The molecule has 0 bridgehead atoms. The van der Waals surface area contributed by atoms with Gasteiger partial charge >= 0.3 is 0 Å². The molecule has 0 aliphatic heterocycles. The molecule has 0 aliphatic carbocycles. The van der Waals surface area contributed by atoms with Gasteiger partial charge in [0.15, 0.2) is 0 Å². The summed E-state index contributed by atoms with van der Waals surface area (Å²) in [5, 5.41) is 1.81. The van der Waals surface area contributed by atoms with Gasteiger partial charge in [0.2, 0.25) is 0 Å². The molecule has 4 heteroatoms. The van der Waals surface area contributed by atoms with Gasteiger partial charge in [-0.25, -0.2) is 5.90 Å². The van der Waals surface area contributed by atoms with Gasteiger partial charge in [-0.1, -0.05) is 11.6 Å². The van der Waals surface area contributed by atoms with Gasteiger partial charge in [-0.05, 0) is 30.2 Å². The number of aryl methyl sites for hydroxylation is 1. The average molecular weight is 211 g/mol. The van der Waals surface area contributed by atoms with E-state index in [-0.39, 0.29) is 0 Å². The number of aromatic nitrogens is 1. The summed E-state index contributed by atoms with van der Waals surface area (Å²) in [6.45, 7) is 2.41. The first-order valence-corrected chi connectivity index (χ1v) is 4.68. The van der Waals surface area contributed by atoms with Crippen molar-refractivity contribution >= 4 is 22.5 Å². The third-order valence-corrected chi connectivity index (χ3v) is 2.56. The van der Waals surface area contributed by atoms with E-state index in [0.29, 0.717) is 11.6 Å². The number of aromatic amines is 1. The van der Waals surface area contributed by atoms with Crippen LogP contribution in [0.2, 0.25) is 5.02 Å². The Bertz CT molecular complexity index is 464. The Morgan fingerprint density at radius 1 is 1.50 bits per heavy atom. The average Bonchev–Trinajstić information content (AvgIpc) is 2.49. The summed E-state index contributed by atoms with van der Waals surface area (Å²) in [5.41, 5.74) is 3.11. The van der Waals surface area contributed by atoms with E-state index in [2.05, 4.69) is 9.82 Å². The maximum absolute atomic E-state index is 6.08. The highest BCUT2D eigenvalue weighted by atomic mass is 35.5. The molecule has 14 heavy (non-hydrogen) atoms. The number of H-pyrrole nitrogens is 1. The molecule has 74 valence electrons. The molecule has 0 amide bonds. The summed E-state index contributed by atoms with van der Waals surface area (Å²) in [7, 11) is 0. The van der Waals surface area contributed by atoms with E-state index >= 15 is 0 Å². The predicted octanol–water partition coefficient (Wildman–Crippen LogP) is 2.52. The molecule has 0 spiro atoms. The molecule has 0 atom stereocenters. The number of hydrogen-bond donors (Lipinski definition) is 2. The molecule has 2 aromatic rings. The largest absolute Gasteiger partial charge is 0.360 e. The predicted molar refractivity (Wildman–Crippen MR) is 57.0 cm³/mol. The summed E-state index contributed by atoms with van der Waals surface area (Å²) in [6, 6.07) is 3.88. The number of hydrogen-bond acceptors (Lipinski definition) is 2. The first-order valence-electron chi connectivity index (χ1n) is 4.30. The number of rotatable bonds is 2. The van der Waals surface area contributed by atoms with Crippen molar-refractivity contribution in [2.45, 2.75) is 13.5 Å². The lowest BCUT2D eigenvalue weighted by molar-refractivity contribution is 0.124. The highest BCUT2D eigenvalue weighted by Gasteiger charge is 2.05. The molecule has 0 saturated heterocycles. The van der Waals surface area contributed by atoms with Gasteiger partial charge < -0.3 is 4.98 Å². The fourth-order valence-electron chi connectivity index (χ4n) is 1.56. The van der Waals surface area contributed by atoms with Gasteiger partial charge in [-0.3, -0.25) is 4.84 Å². The summed E-state index contributed by atoms with van der Waals surface area (Å²) < 4.78 is 0. The second-order valence-corrected chi connectivity index (χ2v) is 3.69. The topological polar surface area (TPSA) is 51.0 Å². The van der Waals surface area contributed by atoms with Gasteiger partial charge in [0, 0.05) is 11.6 Å². The highest BCUT2D eigenvalue weighted by Crippen LogP contribution is 2.26. The van der Waals surface area contributed by atoms with Crippen molar-refractivity contribution in [1.82, 2.24) is 4.98 Å². The third-order valence-electron chi connectivity index (χ3n) is 2.26. The van der Waals surface area contributed by atoms with Crippen molar-refractivity contribution in [3.8, 4) is 0 Å². The Kier molecular flexibility index (Phi) is 2.46. The second kappa shape index (κ2) is 3.61. The van der Waals surface area contributed by atoms with Gasteiger partial charge in [0.05, 0.1) is 17.1 Å². The molecule has 1 heterocycles. The second-order valence-electron chi connectivity index (χ2n) is 3.28. The van der Waals surface area contributed by atoms with Crippen LogP contribution in [0.4, 0.5) is 0 Å². The zero-order chi connectivity index (χ0) is 10.1. The van der Waals surface area contributed by atoms with Crippen molar-refractivity contribution in [2.75, 3.05) is 0 Å². The molecule has 3 nitrogen and oxygen atoms in total. The van der Waals surface area contributed by atoms with Crippen LogP contribution < -0.4 is 5.90 Å². The first kappa shape index (κ1) is 9.52. The summed E-state index contributed by atoms with van der Waals surface area (Å²) in [5.74, 6) is 5.02. The van der Waals surface area contributed by atoms with E-state index in [9.17, 15) is 0 Å². The Balaban J connectivity index is 2.63. The van der Waals surface area contributed by atoms with Crippen molar-refractivity contribution in [3.63, 3.8) is 0 Å². The molecule has 0 aliphatic rings. The molecule has 0 saturated carbocycles. The maximum atomic E-state index is 6.08. The van der Waals surface area contributed by atoms with Crippen LogP contribution in [0.3, 0.4) is 0 Å². The minimum atomic E-state index is 0.375. The fraction of sp³-hybridized carbons (Fsp3) is 0.200. The van der Waals surface area contributed by atoms with E-state index in [1.54, 1.807) is 0 Å². The highest BCUT2D eigenvalue weighted by molar-refractivity contribution is 6.35. The Labute approximate surface area is 86.8 Å². The van der Waals surface area contributed by atoms with Crippen LogP contribution in [0, 0.1) is 6.92 Å². The molecule has 1 aromatic heterocycles. The van der Waals surface area contributed by atoms with Crippen molar-refractivity contribution in [3.05, 3.63) is 34.5 Å². The SMILES string of the molecule is Cc1c[nH]c2c(Cl)cc(CON)cc12. The monoisotopic (exact) mass is 210 g/mol. The Morgan fingerprint density at radius 2 is 2.29 bits per heavy atom. The molecular formula is C10H11ClN2O. The number of fused-ring (bicyclic) bond motifs is 1. The smallest absolute Gasteiger partial charge is 0.0930 e. The Hall–Kier alpha value is -1.03. The minimum Gasteiger partial charge on any atom is -0.360 e. The maximum Gasteiger partial charge on any atom is 0.0930 e. The van der Waals surface area contributed by atoms with Crippen LogP contribution in [-0.4, -0.2) is 4.98 Å². The van der Waals surface area contributed by atoms with Gasteiger partial charge in [-0.15, -0.1) is 0 Å². The van der Waals surface area contributed by atoms with Crippen LogP contribution in [-0.2, 0) is 11.4 Å². The number of halogens is 1. The standard InChI is InChI=1S/C10H11ClN2O/c1-6-4-13-10-8(6)2-7(5-14-12)3-9(10)11/h2-4,13H,5,12H2,1H3. The lowest BCUT2D eigenvalue weighted by atomic mass is 10.1. The van der Waals surface area contributed by atoms with Gasteiger partial charge in [-0.2, -0.15) is 0 Å². The quantitative estimate of drug-likeness (QED) is 0.749. The van der Waals surface area contributed by atoms with Crippen molar-refractivity contribution < 1.29 is 4.84 Å². The van der Waals surface area contributed by atoms with E-state index in [1.807, 2.05) is 25.3 Å². The third kappa shape index (κ3) is 1.50. The molecule has 2 rings (SSSR count). The van der Waals surface area contributed by atoms with Crippen LogP contribution in [0.15, 0.2) is 18.3 Å². The summed E-state index contributed by atoms with van der Waals surface area (Å²) in [6.07, 6.45) is 1.93. The van der Waals surface area contributed by atoms with E-state index < -0.39 is 0 Å². The molecule has 0 radical (unpaired) electrons. The van der Waals surface area contributed by atoms with E-state index in [1.165, 1.54) is 5.56 Å². The number of nitrogens with one attached hydrogen (secondary N) is 1. The molecular weight excluding hydrogens is 200 g/mol. The zero-order valence-corrected chi connectivity index (χ0v) is 8.56.